The average molecular weight is 303 g/mol. The summed E-state index contributed by atoms with van der Waals surface area (Å²) in [5.41, 5.74) is 1.46. The van der Waals surface area contributed by atoms with Gasteiger partial charge in [-0.1, -0.05) is 30.3 Å². The number of hydrogen-bond donors (Lipinski definition) is 0. The zero-order chi connectivity index (χ0) is 15.4. The van der Waals surface area contributed by atoms with Crippen molar-refractivity contribution in [3.8, 4) is 10.6 Å². The summed E-state index contributed by atoms with van der Waals surface area (Å²) < 4.78 is 4.30. The molecule has 0 spiro atoms. The molecular formula is C15H13NO4S. The molecule has 0 aliphatic carbocycles. The molecule has 2 aromatic rings. The van der Waals surface area contributed by atoms with Crippen LogP contribution < -0.4 is 0 Å². The van der Waals surface area contributed by atoms with E-state index in [1.54, 1.807) is 6.92 Å². The molecule has 5 nitrogen and oxygen atoms in total. The summed E-state index contributed by atoms with van der Waals surface area (Å²) in [4.78, 5) is 39.3. The van der Waals surface area contributed by atoms with Gasteiger partial charge in [-0.2, -0.15) is 0 Å². The maximum atomic E-state index is 12.1. The van der Waals surface area contributed by atoms with E-state index >= 15 is 0 Å². The highest BCUT2D eigenvalue weighted by Crippen LogP contribution is 2.28. The number of carbonyl (C=O) groups is 3. The molecule has 2 rings (SSSR count). The largest absolute Gasteiger partial charge is 0.463 e. The van der Waals surface area contributed by atoms with Gasteiger partial charge in [-0.3, -0.25) is 9.59 Å². The van der Waals surface area contributed by atoms with Crippen LogP contribution in [0.2, 0.25) is 0 Å². The summed E-state index contributed by atoms with van der Waals surface area (Å²) >= 11 is 1.22. The smallest absolute Gasteiger partial charge is 0.374 e. The minimum absolute atomic E-state index is 0.395. The van der Waals surface area contributed by atoms with E-state index in [2.05, 4.69) is 9.72 Å². The van der Waals surface area contributed by atoms with E-state index < -0.39 is 24.0 Å². The highest BCUT2D eigenvalue weighted by atomic mass is 32.1. The first kappa shape index (κ1) is 15.1. The van der Waals surface area contributed by atoms with Crippen LogP contribution in [0, 0.1) is 6.92 Å². The van der Waals surface area contributed by atoms with Gasteiger partial charge in [0.1, 0.15) is 5.01 Å². The Morgan fingerprint density at radius 3 is 2.48 bits per heavy atom. The second-order valence-corrected chi connectivity index (χ2v) is 5.31. The van der Waals surface area contributed by atoms with Gasteiger partial charge in [-0.25, -0.2) is 9.78 Å². The summed E-state index contributed by atoms with van der Waals surface area (Å²) in [6.07, 6.45) is -0.496. The quantitative estimate of drug-likeness (QED) is 0.367. The molecule has 0 saturated heterocycles. The van der Waals surface area contributed by atoms with Crippen molar-refractivity contribution in [2.75, 3.05) is 7.11 Å². The highest BCUT2D eigenvalue weighted by Gasteiger charge is 2.23. The number of ketones is 2. The molecule has 1 aromatic heterocycles. The van der Waals surface area contributed by atoms with Crippen LogP contribution >= 0.6 is 11.3 Å². The SMILES string of the molecule is COC(=O)C(=O)CC(=O)c1sc(-c2ccccc2)nc1C. The van der Waals surface area contributed by atoms with Gasteiger partial charge in [-0.15, -0.1) is 11.3 Å². The molecule has 0 N–H and O–H groups in total. The second kappa shape index (κ2) is 6.41. The lowest BCUT2D eigenvalue weighted by Crippen LogP contribution is -2.19. The Morgan fingerprint density at radius 2 is 1.86 bits per heavy atom. The number of aromatic nitrogens is 1. The third-order valence-corrected chi connectivity index (χ3v) is 4.05. The lowest BCUT2D eigenvalue weighted by Gasteiger charge is -1.97. The minimum atomic E-state index is -1.01. The van der Waals surface area contributed by atoms with Gasteiger partial charge in [0.25, 0.3) is 0 Å². The Labute approximate surface area is 125 Å². The summed E-state index contributed by atoms with van der Waals surface area (Å²) in [5.74, 6) is -2.27. The van der Waals surface area contributed by atoms with Gasteiger partial charge in [0.05, 0.1) is 24.1 Å². The van der Waals surface area contributed by atoms with Crippen LogP contribution in [-0.4, -0.2) is 29.6 Å². The molecule has 0 bridgehead atoms. The number of Topliss-reactive ketones (excluding diaryl/α,β-unsaturated/α-hetero) is 2. The number of carbonyl (C=O) groups excluding carboxylic acids is 3. The topological polar surface area (TPSA) is 73.3 Å². The lowest BCUT2D eigenvalue weighted by molar-refractivity contribution is -0.151. The van der Waals surface area contributed by atoms with E-state index in [1.165, 1.54) is 11.3 Å². The summed E-state index contributed by atoms with van der Waals surface area (Å²) in [5, 5.41) is 0.710. The normalized spacial score (nSPS) is 10.2. The summed E-state index contributed by atoms with van der Waals surface area (Å²) in [6.45, 7) is 1.71. The molecule has 0 aliphatic heterocycles. The molecule has 6 heteroatoms. The minimum Gasteiger partial charge on any atom is -0.463 e. The highest BCUT2D eigenvalue weighted by molar-refractivity contribution is 7.17. The fourth-order valence-electron chi connectivity index (χ4n) is 1.77. The fourth-order valence-corrected chi connectivity index (χ4v) is 2.78. The average Bonchev–Trinajstić information content (AvgIpc) is 2.89. The third kappa shape index (κ3) is 3.41. The summed E-state index contributed by atoms with van der Waals surface area (Å²) in [6, 6.07) is 9.45. The Balaban J connectivity index is 2.22. The van der Waals surface area contributed by atoms with Crippen molar-refractivity contribution in [2.24, 2.45) is 0 Å². The molecule has 0 saturated carbocycles. The molecule has 0 atom stereocenters. The molecule has 1 heterocycles. The number of methoxy groups -OCH3 is 1. The van der Waals surface area contributed by atoms with Crippen LogP contribution in [0.3, 0.4) is 0 Å². The molecule has 0 unspecified atom stereocenters. The Hall–Kier alpha value is -2.34. The Bertz CT molecular complexity index is 691. The van der Waals surface area contributed by atoms with E-state index in [0.717, 1.165) is 12.7 Å². The van der Waals surface area contributed by atoms with E-state index in [1.807, 2.05) is 30.3 Å². The Kier molecular flexibility index (Phi) is 4.59. The van der Waals surface area contributed by atoms with Crippen LogP contribution in [0.5, 0.6) is 0 Å². The zero-order valence-corrected chi connectivity index (χ0v) is 12.4. The van der Waals surface area contributed by atoms with Crippen molar-refractivity contribution in [3.63, 3.8) is 0 Å². The molecule has 0 radical (unpaired) electrons. The summed E-state index contributed by atoms with van der Waals surface area (Å²) in [7, 11) is 1.11. The number of thiazole rings is 1. The number of benzene rings is 1. The predicted molar refractivity (Wildman–Crippen MR) is 78.3 cm³/mol. The van der Waals surface area contributed by atoms with Gasteiger partial charge in [0.15, 0.2) is 5.78 Å². The predicted octanol–water partition coefficient (Wildman–Crippen LogP) is 2.43. The van der Waals surface area contributed by atoms with Crippen LogP contribution in [0.25, 0.3) is 10.6 Å². The molecule has 0 amide bonds. The van der Waals surface area contributed by atoms with Crippen molar-refractivity contribution in [1.29, 1.82) is 0 Å². The van der Waals surface area contributed by atoms with Crippen LogP contribution in [0.15, 0.2) is 30.3 Å². The van der Waals surface area contributed by atoms with Gasteiger partial charge >= 0.3 is 5.97 Å². The van der Waals surface area contributed by atoms with Gasteiger partial charge in [0, 0.05) is 5.56 Å². The first-order valence-electron chi connectivity index (χ1n) is 6.20. The Morgan fingerprint density at radius 1 is 1.19 bits per heavy atom. The van der Waals surface area contributed by atoms with Crippen LogP contribution in [-0.2, 0) is 14.3 Å². The van der Waals surface area contributed by atoms with E-state index in [-0.39, 0.29) is 0 Å². The van der Waals surface area contributed by atoms with Gasteiger partial charge in [0.2, 0.25) is 5.78 Å². The third-order valence-electron chi connectivity index (χ3n) is 2.80. The van der Waals surface area contributed by atoms with Gasteiger partial charge in [-0.05, 0) is 6.92 Å². The van der Waals surface area contributed by atoms with Crippen molar-refractivity contribution in [2.45, 2.75) is 13.3 Å². The number of esters is 1. The number of nitrogens with zero attached hydrogens (tertiary/aromatic N) is 1. The van der Waals surface area contributed by atoms with Crippen molar-refractivity contribution >= 4 is 28.9 Å². The zero-order valence-electron chi connectivity index (χ0n) is 11.6. The maximum absolute atomic E-state index is 12.1. The monoisotopic (exact) mass is 303 g/mol. The first-order valence-corrected chi connectivity index (χ1v) is 7.01. The second-order valence-electron chi connectivity index (χ2n) is 4.31. The number of rotatable bonds is 5. The number of ether oxygens (including phenoxy) is 1. The van der Waals surface area contributed by atoms with E-state index in [4.69, 9.17) is 0 Å². The van der Waals surface area contributed by atoms with Crippen molar-refractivity contribution < 1.29 is 19.1 Å². The molecule has 1 aromatic carbocycles. The van der Waals surface area contributed by atoms with Crippen molar-refractivity contribution in [3.05, 3.63) is 40.9 Å². The number of aryl methyl sites for hydroxylation is 1. The molecule has 108 valence electrons. The first-order chi connectivity index (χ1) is 10.0. The molecular weight excluding hydrogens is 290 g/mol. The maximum Gasteiger partial charge on any atom is 0.374 e. The fraction of sp³-hybridized carbons (Fsp3) is 0.200. The standard InChI is InChI=1S/C15H13NO4S/c1-9-13(11(17)8-12(18)15(19)20-2)21-14(16-9)10-6-4-3-5-7-10/h3-7H,8H2,1-2H3. The van der Waals surface area contributed by atoms with E-state index in [0.29, 0.717) is 15.6 Å². The van der Waals surface area contributed by atoms with Crippen LogP contribution in [0.1, 0.15) is 21.8 Å². The van der Waals surface area contributed by atoms with Crippen molar-refractivity contribution in [1.82, 2.24) is 4.98 Å². The van der Waals surface area contributed by atoms with Crippen LogP contribution in [0.4, 0.5) is 0 Å². The number of hydrogen-bond acceptors (Lipinski definition) is 6. The van der Waals surface area contributed by atoms with E-state index in [9.17, 15) is 14.4 Å². The molecule has 0 fully saturated rings. The molecule has 21 heavy (non-hydrogen) atoms. The lowest BCUT2D eigenvalue weighted by atomic mass is 10.1. The van der Waals surface area contributed by atoms with Gasteiger partial charge < -0.3 is 4.74 Å². The molecule has 0 aliphatic rings.